The molecule has 5 nitrogen and oxygen atoms in total. The molecule has 0 aromatic heterocycles. The van der Waals surface area contributed by atoms with Crippen molar-refractivity contribution in [2.45, 2.75) is 11.3 Å². The van der Waals surface area contributed by atoms with Crippen molar-refractivity contribution in [1.82, 2.24) is 0 Å². The van der Waals surface area contributed by atoms with Crippen LogP contribution in [-0.2, 0) is 26.1 Å². The van der Waals surface area contributed by atoms with Crippen molar-refractivity contribution in [3.05, 3.63) is 42.0 Å². The quantitative estimate of drug-likeness (QED) is 0.521. The van der Waals surface area contributed by atoms with Crippen LogP contribution < -0.4 is 0 Å². The molecule has 0 fully saturated rings. The van der Waals surface area contributed by atoms with Crippen LogP contribution in [0, 0.1) is 0 Å². The summed E-state index contributed by atoms with van der Waals surface area (Å²) in [4.78, 5) is 11.1. The molecular formula is C13H13KO5S. The van der Waals surface area contributed by atoms with Gasteiger partial charge in [0, 0.05) is 5.39 Å². The van der Waals surface area contributed by atoms with Crippen molar-refractivity contribution in [2.75, 3.05) is 7.11 Å². The number of methoxy groups -OCH3 is 1. The van der Waals surface area contributed by atoms with Gasteiger partial charge in [-0.05, 0) is 17.0 Å². The molecule has 2 aromatic rings. The van der Waals surface area contributed by atoms with Gasteiger partial charge in [0.1, 0.15) is 4.90 Å². The zero-order valence-corrected chi connectivity index (χ0v) is 11.0. The molecule has 20 heavy (non-hydrogen) atoms. The summed E-state index contributed by atoms with van der Waals surface area (Å²) in [5, 5.41) is 0.981. The molecule has 102 valence electrons. The number of benzene rings is 2. The van der Waals surface area contributed by atoms with E-state index in [-0.39, 0.29) is 62.7 Å². The Bertz CT molecular complexity index is 740. The number of ether oxygens (including phenoxy) is 1. The van der Waals surface area contributed by atoms with Gasteiger partial charge in [-0.25, -0.2) is 0 Å². The molecule has 0 aliphatic heterocycles. The van der Waals surface area contributed by atoms with Crippen molar-refractivity contribution >= 4 is 78.2 Å². The van der Waals surface area contributed by atoms with Gasteiger partial charge in [0.05, 0.1) is 13.5 Å². The summed E-state index contributed by atoms with van der Waals surface area (Å²) in [5.41, 5.74) is 0.648. The molecule has 0 amide bonds. The number of esters is 1. The number of fused-ring (bicyclic) bond motifs is 1. The van der Waals surface area contributed by atoms with E-state index in [2.05, 4.69) is 4.74 Å². The second-order valence-electron chi connectivity index (χ2n) is 4.00. The number of carbonyl (C=O) groups is 1. The molecule has 0 aliphatic rings. The second-order valence-corrected chi connectivity index (χ2v) is 5.39. The first-order valence-electron chi connectivity index (χ1n) is 5.48. The van der Waals surface area contributed by atoms with E-state index < -0.39 is 16.1 Å². The van der Waals surface area contributed by atoms with Crippen LogP contribution >= 0.6 is 0 Å². The van der Waals surface area contributed by atoms with E-state index in [9.17, 15) is 17.8 Å². The summed E-state index contributed by atoms with van der Waals surface area (Å²) in [6.07, 6.45) is 0.0444. The van der Waals surface area contributed by atoms with E-state index in [4.69, 9.17) is 0 Å². The summed E-state index contributed by atoms with van der Waals surface area (Å²) >= 11 is 0. The van der Waals surface area contributed by atoms with Crippen molar-refractivity contribution in [3.63, 3.8) is 0 Å². The minimum absolute atomic E-state index is 0. The second kappa shape index (κ2) is 7.12. The van der Waals surface area contributed by atoms with E-state index in [1.807, 2.05) is 0 Å². The number of carbonyl (C=O) groups excluding carboxylic acids is 1. The van der Waals surface area contributed by atoms with Gasteiger partial charge in [-0.2, -0.15) is 8.42 Å². The first-order chi connectivity index (χ1) is 8.93. The van der Waals surface area contributed by atoms with Gasteiger partial charge in [-0.3, -0.25) is 9.35 Å². The first-order valence-corrected chi connectivity index (χ1v) is 6.92. The van der Waals surface area contributed by atoms with Crippen LogP contribution in [0.25, 0.3) is 10.8 Å². The Labute approximate surface area is 159 Å². The number of hydrogen-bond acceptors (Lipinski definition) is 4. The number of rotatable bonds is 3. The van der Waals surface area contributed by atoms with Crippen LogP contribution in [-0.4, -0.2) is 77.4 Å². The van der Waals surface area contributed by atoms with Gasteiger partial charge in [0.25, 0.3) is 10.1 Å². The fourth-order valence-corrected chi connectivity index (χ4v) is 2.64. The Kier molecular flexibility index (Phi) is 6.33. The third-order valence-corrected chi connectivity index (χ3v) is 3.73. The Morgan fingerprint density at radius 2 is 1.75 bits per heavy atom. The van der Waals surface area contributed by atoms with Crippen LogP contribution in [0.2, 0.25) is 0 Å². The van der Waals surface area contributed by atoms with Crippen LogP contribution in [0.1, 0.15) is 5.56 Å². The summed E-state index contributed by atoms with van der Waals surface area (Å²) in [7, 11) is -3.01. The molecule has 1 N–H and O–H groups in total. The van der Waals surface area contributed by atoms with Gasteiger partial charge >= 0.3 is 57.4 Å². The van der Waals surface area contributed by atoms with Crippen molar-refractivity contribution in [2.24, 2.45) is 0 Å². The SMILES string of the molecule is COC(=O)Cc1ccc(S(=O)(=O)O)c2ccccc12.[KH]. The Hall–Kier alpha value is -0.284. The van der Waals surface area contributed by atoms with E-state index in [1.165, 1.54) is 19.2 Å². The molecule has 0 saturated carbocycles. The average molecular weight is 320 g/mol. The number of hydrogen-bond donors (Lipinski definition) is 1. The molecule has 0 atom stereocenters. The maximum absolute atomic E-state index is 11.3. The Balaban J connectivity index is 0.00000200. The van der Waals surface area contributed by atoms with E-state index >= 15 is 0 Å². The Morgan fingerprint density at radius 3 is 2.30 bits per heavy atom. The third-order valence-electron chi connectivity index (χ3n) is 2.81. The topological polar surface area (TPSA) is 80.7 Å². The van der Waals surface area contributed by atoms with E-state index in [0.29, 0.717) is 16.3 Å². The van der Waals surface area contributed by atoms with Crippen LogP contribution in [0.5, 0.6) is 0 Å². The first kappa shape index (κ1) is 17.8. The predicted molar refractivity (Wildman–Crippen MR) is 76.6 cm³/mol. The van der Waals surface area contributed by atoms with Crippen LogP contribution in [0.3, 0.4) is 0 Å². The van der Waals surface area contributed by atoms with Gasteiger partial charge in [0.15, 0.2) is 0 Å². The molecule has 0 aliphatic carbocycles. The fourth-order valence-electron chi connectivity index (χ4n) is 1.94. The molecule has 0 heterocycles. The zero-order chi connectivity index (χ0) is 14.0. The fraction of sp³-hybridized carbons (Fsp3) is 0.154. The summed E-state index contributed by atoms with van der Waals surface area (Å²) < 4.78 is 36.4. The molecular weight excluding hydrogens is 307 g/mol. The summed E-state index contributed by atoms with van der Waals surface area (Å²) in [5.74, 6) is -0.412. The molecule has 0 bridgehead atoms. The third kappa shape index (κ3) is 3.88. The summed E-state index contributed by atoms with van der Waals surface area (Å²) in [6.45, 7) is 0. The van der Waals surface area contributed by atoms with E-state index in [1.54, 1.807) is 24.3 Å². The molecule has 0 radical (unpaired) electrons. The van der Waals surface area contributed by atoms with Gasteiger partial charge in [-0.1, -0.05) is 30.3 Å². The Morgan fingerprint density at radius 1 is 1.15 bits per heavy atom. The van der Waals surface area contributed by atoms with Gasteiger partial charge in [-0.15, -0.1) is 0 Å². The molecule has 0 spiro atoms. The molecule has 2 rings (SSSR count). The maximum atomic E-state index is 11.3. The van der Waals surface area contributed by atoms with Crippen molar-refractivity contribution in [3.8, 4) is 0 Å². The average Bonchev–Trinajstić information content (AvgIpc) is 2.37. The van der Waals surface area contributed by atoms with Gasteiger partial charge in [0.2, 0.25) is 0 Å². The monoisotopic (exact) mass is 320 g/mol. The molecule has 7 heteroatoms. The van der Waals surface area contributed by atoms with Crippen LogP contribution in [0.4, 0.5) is 0 Å². The van der Waals surface area contributed by atoms with Crippen molar-refractivity contribution in [1.29, 1.82) is 0 Å². The molecule has 0 saturated heterocycles. The molecule has 2 aromatic carbocycles. The minimum atomic E-state index is -4.30. The van der Waals surface area contributed by atoms with Gasteiger partial charge < -0.3 is 4.74 Å². The standard InChI is InChI=1S/C13H12O5S.K.H/c1-18-13(14)8-9-6-7-12(19(15,16)17)11-5-3-2-4-10(9)11;;/h2-7H,8H2,1H3,(H,15,16,17);;. The van der Waals surface area contributed by atoms with Crippen molar-refractivity contribution < 1.29 is 22.5 Å². The zero-order valence-electron chi connectivity index (χ0n) is 10.2. The van der Waals surface area contributed by atoms with Crippen LogP contribution in [0.15, 0.2) is 41.3 Å². The normalized spacial score (nSPS) is 10.9. The predicted octanol–water partition coefficient (Wildman–Crippen LogP) is 1.15. The molecule has 0 unspecified atom stereocenters. The van der Waals surface area contributed by atoms with E-state index in [0.717, 1.165) is 0 Å². The summed E-state index contributed by atoms with van der Waals surface area (Å²) in [6, 6.07) is 9.47.